The molecule has 1 aliphatic rings. The molecule has 0 bridgehead atoms. The minimum absolute atomic E-state index is 0.447. The van der Waals surface area contributed by atoms with Crippen molar-refractivity contribution in [3.05, 3.63) is 35.4 Å². The second-order valence-corrected chi connectivity index (χ2v) is 6.19. The van der Waals surface area contributed by atoms with Crippen molar-refractivity contribution in [2.24, 2.45) is 0 Å². The van der Waals surface area contributed by atoms with Crippen molar-refractivity contribution in [1.29, 1.82) is 0 Å². The summed E-state index contributed by atoms with van der Waals surface area (Å²) in [7, 11) is 0. The molecule has 1 aromatic rings. The lowest BCUT2D eigenvalue weighted by Gasteiger charge is -2.44. The Kier molecular flexibility index (Phi) is 5.60. The summed E-state index contributed by atoms with van der Waals surface area (Å²) < 4.78 is 102. The van der Waals surface area contributed by atoms with Gasteiger partial charge in [0.1, 0.15) is 6.04 Å². The van der Waals surface area contributed by atoms with Crippen molar-refractivity contribution in [2.75, 3.05) is 0 Å². The van der Waals surface area contributed by atoms with Gasteiger partial charge in [-0.3, -0.25) is 0 Å². The minimum Gasteiger partial charge on any atom is -0.380 e. The van der Waals surface area contributed by atoms with Crippen molar-refractivity contribution in [3.8, 4) is 0 Å². The van der Waals surface area contributed by atoms with Crippen molar-refractivity contribution < 1.29 is 45.0 Å². The van der Waals surface area contributed by atoms with Gasteiger partial charge in [-0.05, 0) is 17.7 Å². The highest BCUT2D eigenvalue weighted by Gasteiger charge is 2.61. The molecule has 12 heteroatoms. The Morgan fingerprint density at radius 2 is 1.74 bits per heavy atom. The van der Waals surface area contributed by atoms with Crippen LogP contribution >= 0.6 is 0 Å². The largest absolute Gasteiger partial charge is 0.417 e. The topological polar surface area (TPSA) is 61.4 Å². The molecule has 0 spiro atoms. The standard InChI is InChI=1S/C15H14F8N2O2/c16-11(17)10(7-2-1-3-8(4-7)14(18,19)20)25-12(26)24-9-5-13(27,6-9)15(21,22)23/h1-4,9-11,27H,5-6H2,(H2,24,25,26). The molecular weight excluding hydrogens is 392 g/mol. The average molecular weight is 406 g/mol. The van der Waals surface area contributed by atoms with Gasteiger partial charge < -0.3 is 15.7 Å². The fourth-order valence-electron chi connectivity index (χ4n) is 2.66. The smallest absolute Gasteiger partial charge is 0.380 e. The highest BCUT2D eigenvalue weighted by atomic mass is 19.4. The zero-order chi connectivity index (χ0) is 20.6. The predicted octanol–water partition coefficient (Wildman–Crippen LogP) is 3.77. The maximum atomic E-state index is 13.2. The molecule has 1 unspecified atom stereocenters. The third kappa shape index (κ3) is 4.79. The van der Waals surface area contributed by atoms with Crippen LogP contribution in [0.15, 0.2) is 24.3 Å². The third-order valence-corrected chi connectivity index (χ3v) is 4.14. The number of nitrogens with one attached hydrogen (secondary N) is 2. The van der Waals surface area contributed by atoms with E-state index >= 15 is 0 Å². The number of carbonyl (C=O) groups excluding carboxylic acids is 1. The zero-order valence-electron chi connectivity index (χ0n) is 13.3. The maximum Gasteiger partial charge on any atom is 0.417 e. The van der Waals surface area contributed by atoms with Crippen LogP contribution in [0.3, 0.4) is 0 Å². The van der Waals surface area contributed by atoms with Gasteiger partial charge in [0, 0.05) is 18.9 Å². The molecule has 152 valence electrons. The van der Waals surface area contributed by atoms with E-state index in [1.54, 1.807) is 5.32 Å². The molecule has 0 aromatic heterocycles. The monoisotopic (exact) mass is 406 g/mol. The van der Waals surface area contributed by atoms with Crippen molar-refractivity contribution in [2.45, 2.75) is 49.3 Å². The van der Waals surface area contributed by atoms with Gasteiger partial charge >= 0.3 is 18.4 Å². The Bertz CT molecular complexity index is 683. The Morgan fingerprint density at radius 3 is 2.22 bits per heavy atom. The molecule has 1 aromatic carbocycles. The number of carbonyl (C=O) groups is 1. The van der Waals surface area contributed by atoms with E-state index in [4.69, 9.17) is 0 Å². The van der Waals surface area contributed by atoms with E-state index in [1.165, 1.54) is 0 Å². The number of hydrogen-bond acceptors (Lipinski definition) is 2. The maximum absolute atomic E-state index is 13.2. The Hall–Kier alpha value is -2.11. The number of alkyl halides is 8. The van der Waals surface area contributed by atoms with Crippen molar-refractivity contribution in [1.82, 2.24) is 10.6 Å². The molecule has 0 radical (unpaired) electrons. The summed E-state index contributed by atoms with van der Waals surface area (Å²) in [6.45, 7) is 0. The number of hydrogen-bond donors (Lipinski definition) is 3. The van der Waals surface area contributed by atoms with Gasteiger partial charge in [0.25, 0.3) is 6.43 Å². The van der Waals surface area contributed by atoms with Gasteiger partial charge in [0.15, 0.2) is 5.60 Å². The number of urea groups is 1. The van der Waals surface area contributed by atoms with Crippen LogP contribution in [0.4, 0.5) is 39.9 Å². The van der Waals surface area contributed by atoms with Gasteiger partial charge in [-0.2, -0.15) is 26.3 Å². The minimum atomic E-state index is -4.90. The first kappa shape index (κ1) is 21.2. The van der Waals surface area contributed by atoms with Gasteiger partial charge in [-0.15, -0.1) is 0 Å². The van der Waals surface area contributed by atoms with Gasteiger partial charge in [-0.25, -0.2) is 13.6 Å². The molecule has 1 saturated carbocycles. The summed E-state index contributed by atoms with van der Waals surface area (Å²) in [5, 5.41) is 13.0. The van der Waals surface area contributed by atoms with E-state index in [9.17, 15) is 45.0 Å². The highest BCUT2D eigenvalue weighted by molar-refractivity contribution is 5.75. The third-order valence-electron chi connectivity index (χ3n) is 4.14. The first-order valence-corrected chi connectivity index (χ1v) is 7.54. The lowest BCUT2D eigenvalue weighted by atomic mass is 9.75. The molecule has 3 N–H and O–H groups in total. The summed E-state index contributed by atoms with van der Waals surface area (Å²) in [4.78, 5) is 11.7. The van der Waals surface area contributed by atoms with Crippen LogP contribution in [0.1, 0.15) is 30.0 Å². The summed E-state index contributed by atoms with van der Waals surface area (Å²) in [6.07, 6.45) is -14.7. The number of halogens is 8. The first-order chi connectivity index (χ1) is 12.2. The SMILES string of the molecule is O=C(NC1CC(O)(C(F)(F)F)C1)NC(c1cccc(C(F)(F)F)c1)C(F)F. The van der Waals surface area contributed by atoms with E-state index in [-0.39, 0.29) is 0 Å². The number of benzene rings is 1. The lowest BCUT2D eigenvalue weighted by Crippen LogP contribution is -2.63. The van der Waals surface area contributed by atoms with Crippen molar-refractivity contribution in [3.63, 3.8) is 0 Å². The number of rotatable bonds is 4. The summed E-state index contributed by atoms with van der Waals surface area (Å²) >= 11 is 0. The van der Waals surface area contributed by atoms with Gasteiger partial charge in [-0.1, -0.05) is 12.1 Å². The predicted molar refractivity (Wildman–Crippen MR) is 75.9 cm³/mol. The number of aliphatic hydroxyl groups is 1. The summed E-state index contributed by atoms with van der Waals surface area (Å²) in [5.41, 5.74) is -4.67. The molecule has 0 saturated heterocycles. The van der Waals surface area contributed by atoms with Crippen LogP contribution in [0.5, 0.6) is 0 Å². The van der Waals surface area contributed by atoms with E-state index in [1.807, 2.05) is 5.32 Å². The van der Waals surface area contributed by atoms with Crippen LogP contribution in [0.25, 0.3) is 0 Å². The summed E-state index contributed by atoms with van der Waals surface area (Å²) in [6, 6.07) is -1.54. The fourth-order valence-corrected chi connectivity index (χ4v) is 2.66. The molecule has 27 heavy (non-hydrogen) atoms. The summed E-state index contributed by atoms with van der Waals surface area (Å²) in [5.74, 6) is 0. The average Bonchev–Trinajstić information content (AvgIpc) is 2.49. The van der Waals surface area contributed by atoms with Crippen molar-refractivity contribution >= 4 is 6.03 Å². The first-order valence-electron chi connectivity index (χ1n) is 7.54. The van der Waals surface area contributed by atoms with Crippen LogP contribution < -0.4 is 10.6 Å². The molecule has 2 rings (SSSR count). The lowest BCUT2D eigenvalue weighted by molar-refractivity contribution is -0.291. The zero-order valence-corrected chi connectivity index (χ0v) is 13.3. The highest BCUT2D eigenvalue weighted by Crippen LogP contribution is 2.45. The van der Waals surface area contributed by atoms with E-state index in [0.717, 1.165) is 12.1 Å². The Balaban J connectivity index is 2.02. The Morgan fingerprint density at radius 1 is 1.15 bits per heavy atom. The number of amides is 2. The van der Waals surface area contributed by atoms with E-state index in [2.05, 4.69) is 0 Å². The van der Waals surface area contributed by atoms with Gasteiger partial charge in [0.2, 0.25) is 0 Å². The van der Waals surface area contributed by atoms with Crippen LogP contribution in [-0.2, 0) is 6.18 Å². The van der Waals surface area contributed by atoms with Crippen LogP contribution in [0.2, 0.25) is 0 Å². The molecule has 1 aliphatic carbocycles. The molecule has 1 fully saturated rings. The fraction of sp³-hybridized carbons (Fsp3) is 0.533. The second-order valence-electron chi connectivity index (χ2n) is 6.19. The van der Waals surface area contributed by atoms with E-state index < -0.39 is 66.5 Å². The molecule has 1 atom stereocenters. The van der Waals surface area contributed by atoms with Crippen LogP contribution in [0, 0.1) is 0 Å². The van der Waals surface area contributed by atoms with E-state index in [0.29, 0.717) is 12.1 Å². The molecular formula is C15H14F8N2O2. The second kappa shape index (κ2) is 7.13. The normalized spacial score (nSPS) is 24.3. The quantitative estimate of drug-likeness (QED) is 0.667. The molecule has 4 nitrogen and oxygen atoms in total. The molecule has 0 heterocycles. The molecule has 2 amide bonds. The van der Waals surface area contributed by atoms with Crippen LogP contribution in [-0.4, -0.2) is 35.4 Å². The molecule has 0 aliphatic heterocycles. The van der Waals surface area contributed by atoms with Gasteiger partial charge in [0.05, 0.1) is 5.56 Å². The Labute approximate surface area is 147 Å².